The highest BCUT2D eigenvalue weighted by Crippen LogP contribution is 2.16. The van der Waals surface area contributed by atoms with Gasteiger partial charge in [0.2, 0.25) is 5.91 Å². The molecule has 5 nitrogen and oxygen atoms in total. The van der Waals surface area contributed by atoms with Crippen LogP contribution in [0.5, 0.6) is 0 Å². The van der Waals surface area contributed by atoms with E-state index in [2.05, 4.69) is 9.97 Å². The summed E-state index contributed by atoms with van der Waals surface area (Å²) in [4.78, 5) is 31.7. The Morgan fingerprint density at radius 2 is 2.05 bits per heavy atom. The van der Waals surface area contributed by atoms with Crippen LogP contribution in [-0.2, 0) is 4.79 Å². The molecule has 6 heteroatoms. The molecule has 0 atom stereocenters. The van der Waals surface area contributed by atoms with Crippen LogP contribution in [0.3, 0.4) is 0 Å². The average molecular weight is 289 g/mol. The number of para-hydroxylation sites is 1. The van der Waals surface area contributed by atoms with Crippen molar-refractivity contribution in [2.75, 3.05) is 17.7 Å². The molecule has 0 saturated carbocycles. The van der Waals surface area contributed by atoms with Crippen molar-refractivity contribution in [1.82, 2.24) is 9.97 Å². The fourth-order valence-corrected chi connectivity index (χ4v) is 2.48. The van der Waals surface area contributed by atoms with Gasteiger partial charge in [-0.15, -0.1) is 0 Å². The van der Waals surface area contributed by atoms with Crippen LogP contribution in [0.15, 0.2) is 46.3 Å². The van der Waals surface area contributed by atoms with Crippen molar-refractivity contribution in [2.24, 2.45) is 0 Å². The Balaban J connectivity index is 2.00. The summed E-state index contributed by atoms with van der Waals surface area (Å²) in [6, 6.07) is 10.8. The third kappa shape index (κ3) is 3.71. The van der Waals surface area contributed by atoms with Crippen molar-refractivity contribution < 1.29 is 4.79 Å². The smallest absolute Gasteiger partial charge is 0.251 e. The van der Waals surface area contributed by atoms with Crippen LogP contribution in [0, 0.1) is 6.92 Å². The van der Waals surface area contributed by atoms with Gasteiger partial charge in [0, 0.05) is 24.5 Å². The van der Waals surface area contributed by atoms with Gasteiger partial charge in [-0.1, -0.05) is 30.0 Å². The second kappa shape index (κ2) is 6.38. The quantitative estimate of drug-likeness (QED) is 0.689. The molecule has 2 rings (SSSR count). The van der Waals surface area contributed by atoms with E-state index in [1.807, 2.05) is 30.3 Å². The van der Waals surface area contributed by atoms with Crippen molar-refractivity contribution in [1.29, 1.82) is 0 Å². The van der Waals surface area contributed by atoms with Gasteiger partial charge in [0.25, 0.3) is 5.56 Å². The van der Waals surface area contributed by atoms with Gasteiger partial charge < -0.3 is 9.88 Å². The maximum absolute atomic E-state index is 12.1. The van der Waals surface area contributed by atoms with Crippen LogP contribution in [0.2, 0.25) is 0 Å². The van der Waals surface area contributed by atoms with E-state index in [1.165, 1.54) is 17.8 Å². The van der Waals surface area contributed by atoms with Crippen molar-refractivity contribution in [2.45, 2.75) is 12.1 Å². The molecule has 1 aromatic carbocycles. The minimum Gasteiger partial charge on any atom is -0.315 e. The second-order valence-corrected chi connectivity index (χ2v) is 5.23. The second-order valence-electron chi connectivity index (χ2n) is 4.27. The minimum absolute atomic E-state index is 0.0506. The van der Waals surface area contributed by atoms with Gasteiger partial charge in [-0.05, 0) is 19.1 Å². The van der Waals surface area contributed by atoms with Gasteiger partial charge >= 0.3 is 0 Å². The Bertz CT molecular complexity index is 655. The monoisotopic (exact) mass is 289 g/mol. The normalized spacial score (nSPS) is 10.3. The first kappa shape index (κ1) is 14.3. The lowest BCUT2D eigenvalue weighted by molar-refractivity contribution is -0.115. The first-order chi connectivity index (χ1) is 9.56. The molecule has 20 heavy (non-hydrogen) atoms. The number of benzene rings is 1. The minimum atomic E-state index is -0.205. The highest BCUT2D eigenvalue weighted by molar-refractivity contribution is 7.99. The van der Waals surface area contributed by atoms with Crippen LogP contribution in [0.1, 0.15) is 5.69 Å². The Morgan fingerprint density at radius 1 is 1.35 bits per heavy atom. The van der Waals surface area contributed by atoms with Crippen molar-refractivity contribution in [3.8, 4) is 0 Å². The number of thioether (sulfide) groups is 1. The molecule has 0 spiro atoms. The highest BCUT2D eigenvalue weighted by Gasteiger charge is 2.11. The molecule has 0 saturated heterocycles. The molecule has 1 amide bonds. The lowest BCUT2D eigenvalue weighted by atomic mass is 10.3. The van der Waals surface area contributed by atoms with E-state index in [9.17, 15) is 9.59 Å². The summed E-state index contributed by atoms with van der Waals surface area (Å²) in [5.74, 6) is 0.169. The number of nitrogens with zero attached hydrogens (tertiary/aromatic N) is 2. The standard InChI is InChI=1S/C14H15N3O2S/c1-10-8-12(18)16-14(15-10)20-9-13(19)17(2)11-6-4-3-5-7-11/h3-8H,9H2,1-2H3,(H,15,16,18). The Morgan fingerprint density at radius 3 is 2.70 bits per heavy atom. The van der Waals surface area contributed by atoms with Crippen LogP contribution in [0.4, 0.5) is 5.69 Å². The van der Waals surface area contributed by atoms with Gasteiger partial charge in [-0.3, -0.25) is 9.59 Å². The van der Waals surface area contributed by atoms with E-state index in [-0.39, 0.29) is 17.2 Å². The zero-order valence-electron chi connectivity index (χ0n) is 11.3. The number of amides is 1. The first-order valence-corrected chi connectivity index (χ1v) is 7.07. The summed E-state index contributed by atoms with van der Waals surface area (Å²) < 4.78 is 0. The third-order valence-electron chi connectivity index (χ3n) is 2.70. The number of aromatic amines is 1. The maximum atomic E-state index is 12.1. The zero-order valence-corrected chi connectivity index (χ0v) is 12.1. The Kier molecular flexibility index (Phi) is 4.57. The molecule has 0 aliphatic carbocycles. The van der Waals surface area contributed by atoms with Crippen LogP contribution >= 0.6 is 11.8 Å². The largest absolute Gasteiger partial charge is 0.315 e. The van der Waals surface area contributed by atoms with Gasteiger partial charge in [0.05, 0.1) is 5.75 Å². The number of hydrogen-bond donors (Lipinski definition) is 1. The highest BCUT2D eigenvalue weighted by atomic mass is 32.2. The summed E-state index contributed by atoms with van der Waals surface area (Å²) >= 11 is 1.22. The summed E-state index contributed by atoms with van der Waals surface area (Å²) in [5.41, 5.74) is 1.27. The van der Waals surface area contributed by atoms with E-state index < -0.39 is 0 Å². The van der Waals surface area contributed by atoms with E-state index in [0.29, 0.717) is 10.9 Å². The molecule has 0 radical (unpaired) electrons. The zero-order chi connectivity index (χ0) is 14.5. The fraction of sp³-hybridized carbons (Fsp3) is 0.214. The Labute approximate surface area is 121 Å². The number of aryl methyl sites for hydroxylation is 1. The predicted molar refractivity (Wildman–Crippen MR) is 80.2 cm³/mol. The molecule has 0 unspecified atom stereocenters. The lowest BCUT2D eigenvalue weighted by Crippen LogP contribution is -2.28. The van der Waals surface area contributed by atoms with Gasteiger partial charge in [-0.2, -0.15) is 0 Å². The van der Waals surface area contributed by atoms with Crippen molar-refractivity contribution in [3.63, 3.8) is 0 Å². The van der Waals surface area contributed by atoms with E-state index in [4.69, 9.17) is 0 Å². The van der Waals surface area contributed by atoms with Gasteiger partial charge in [0.15, 0.2) is 5.16 Å². The van der Waals surface area contributed by atoms with Gasteiger partial charge in [0.1, 0.15) is 0 Å². The molecule has 1 aromatic heterocycles. The molecule has 1 N–H and O–H groups in total. The van der Waals surface area contributed by atoms with Crippen LogP contribution in [-0.4, -0.2) is 28.7 Å². The number of H-pyrrole nitrogens is 1. The summed E-state index contributed by atoms with van der Waals surface area (Å²) in [5, 5.41) is 0.463. The van der Waals surface area contributed by atoms with Crippen molar-refractivity contribution in [3.05, 3.63) is 52.4 Å². The number of carbonyl (C=O) groups excluding carboxylic acids is 1. The van der Waals surface area contributed by atoms with E-state index in [1.54, 1.807) is 18.9 Å². The number of carbonyl (C=O) groups is 1. The number of anilines is 1. The predicted octanol–water partition coefficient (Wildman–Crippen LogP) is 1.83. The molecule has 0 bridgehead atoms. The van der Waals surface area contributed by atoms with Gasteiger partial charge in [-0.25, -0.2) is 4.98 Å². The lowest BCUT2D eigenvalue weighted by Gasteiger charge is -2.16. The topological polar surface area (TPSA) is 66.1 Å². The first-order valence-electron chi connectivity index (χ1n) is 6.08. The van der Waals surface area contributed by atoms with Crippen LogP contribution in [0.25, 0.3) is 0 Å². The number of nitrogens with one attached hydrogen (secondary N) is 1. The molecule has 0 fully saturated rings. The molecule has 104 valence electrons. The summed E-state index contributed by atoms with van der Waals surface area (Å²) in [7, 11) is 1.73. The number of aromatic nitrogens is 2. The number of rotatable bonds is 4. The van der Waals surface area contributed by atoms with E-state index in [0.717, 1.165) is 5.69 Å². The van der Waals surface area contributed by atoms with E-state index >= 15 is 0 Å². The maximum Gasteiger partial charge on any atom is 0.251 e. The van der Waals surface area contributed by atoms with Crippen LogP contribution < -0.4 is 10.5 Å². The Hall–Kier alpha value is -2.08. The fourth-order valence-electron chi connectivity index (χ4n) is 1.64. The molecule has 0 aliphatic heterocycles. The molecule has 1 heterocycles. The van der Waals surface area contributed by atoms with Crippen molar-refractivity contribution >= 4 is 23.4 Å². The molecular weight excluding hydrogens is 274 g/mol. The molecular formula is C14H15N3O2S. The molecule has 2 aromatic rings. The number of hydrogen-bond acceptors (Lipinski definition) is 4. The third-order valence-corrected chi connectivity index (χ3v) is 3.56. The SMILES string of the molecule is Cc1cc(=O)[nH]c(SCC(=O)N(C)c2ccccc2)n1. The average Bonchev–Trinajstić information content (AvgIpc) is 2.44. The molecule has 0 aliphatic rings. The summed E-state index contributed by atoms with van der Waals surface area (Å²) in [6.45, 7) is 1.75. The summed E-state index contributed by atoms with van der Waals surface area (Å²) in [6.07, 6.45) is 0.